The van der Waals surface area contributed by atoms with Crippen molar-refractivity contribution in [3.05, 3.63) is 122 Å². The maximum atomic E-state index is 13.8. The van der Waals surface area contributed by atoms with Crippen molar-refractivity contribution in [2.24, 2.45) is 5.92 Å². The van der Waals surface area contributed by atoms with Crippen LogP contribution in [0.5, 0.6) is 86.2 Å². The highest BCUT2D eigenvalue weighted by atomic mass is 16.5. The zero-order valence-corrected chi connectivity index (χ0v) is 47.6. The van der Waals surface area contributed by atoms with Gasteiger partial charge in [-0.3, -0.25) is 28.8 Å². The van der Waals surface area contributed by atoms with E-state index in [2.05, 4.69) is 5.32 Å². The number of ether oxygens (including phenoxy) is 6. The number of phenolic OH excluding ortho intramolecular Hbond substituents is 12. The molecule has 0 saturated carbocycles. The number of fused-ring (bicyclic) bond motifs is 3. The summed E-state index contributed by atoms with van der Waals surface area (Å²) in [5.41, 5.74) is -3.01. The van der Waals surface area contributed by atoms with Crippen molar-refractivity contribution in [3.8, 4) is 120 Å². The number of rotatable bonds is 29. The van der Waals surface area contributed by atoms with Gasteiger partial charge in [-0.1, -0.05) is 0 Å². The zero-order chi connectivity index (χ0) is 65.2. The van der Waals surface area contributed by atoms with E-state index in [-0.39, 0.29) is 159 Å². The minimum atomic E-state index is -1.83. The number of hydrogen-bond acceptors (Lipinski definition) is 27. The highest BCUT2D eigenvalue weighted by Gasteiger charge is 2.33. The molecule has 9 aromatic rings. The second-order valence-electron chi connectivity index (χ2n) is 20.1. The summed E-state index contributed by atoms with van der Waals surface area (Å²) < 4.78 is 51.7. The van der Waals surface area contributed by atoms with Gasteiger partial charge in [-0.2, -0.15) is 0 Å². The molecule has 0 radical (unpaired) electrons. The molecule has 3 heterocycles. The van der Waals surface area contributed by atoms with Gasteiger partial charge in [0.05, 0.1) is 26.4 Å². The first-order chi connectivity index (χ1) is 43.6. The van der Waals surface area contributed by atoms with E-state index in [1.54, 1.807) is 0 Å². The van der Waals surface area contributed by atoms with Gasteiger partial charge >= 0.3 is 0 Å². The molecule has 0 saturated heterocycles. The third-order valence-electron chi connectivity index (χ3n) is 13.8. The van der Waals surface area contributed by atoms with Crippen molar-refractivity contribution < 1.29 is 117 Å². The fraction of sp³-hybridized carbons (Fsp3) is 0.238. The van der Waals surface area contributed by atoms with Gasteiger partial charge in [0.15, 0.2) is 69.3 Å². The van der Waals surface area contributed by atoms with Crippen molar-refractivity contribution in [2.45, 2.75) is 25.7 Å². The lowest BCUT2D eigenvalue weighted by atomic mass is 9.92. The van der Waals surface area contributed by atoms with E-state index >= 15 is 0 Å². The van der Waals surface area contributed by atoms with Crippen LogP contribution in [0.15, 0.2) is 119 Å². The molecule has 0 fully saturated rings. The van der Waals surface area contributed by atoms with Crippen LogP contribution in [0.1, 0.15) is 25.7 Å². The van der Waals surface area contributed by atoms with Crippen molar-refractivity contribution in [1.82, 2.24) is 5.32 Å². The summed E-state index contributed by atoms with van der Waals surface area (Å²) in [6, 6.07) is 16.6. The average molecular weight is 1260 g/mol. The molecule has 0 bridgehead atoms. The van der Waals surface area contributed by atoms with Crippen molar-refractivity contribution in [3.63, 3.8) is 0 Å². The van der Waals surface area contributed by atoms with Crippen LogP contribution in [0.2, 0.25) is 0 Å². The van der Waals surface area contributed by atoms with Crippen LogP contribution in [0.25, 0.3) is 66.9 Å². The Morgan fingerprint density at radius 1 is 0.374 bits per heavy atom. The molecule has 28 nitrogen and oxygen atoms in total. The van der Waals surface area contributed by atoms with Crippen molar-refractivity contribution in [1.29, 1.82) is 0 Å². The third kappa shape index (κ3) is 14.6. The smallest absolute Gasteiger partial charge is 0.239 e. The summed E-state index contributed by atoms with van der Waals surface area (Å²) in [6.45, 7) is -2.26. The van der Waals surface area contributed by atoms with E-state index < -0.39 is 126 Å². The highest BCUT2D eigenvalue weighted by molar-refractivity contribution is 6.18. The maximum absolute atomic E-state index is 13.8. The van der Waals surface area contributed by atoms with Crippen LogP contribution >= 0.6 is 0 Å². The van der Waals surface area contributed by atoms with Crippen LogP contribution in [0.4, 0.5) is 0 Å². The Balaban J connectivity index is 0.809. The number of amides is 1. The molecule has 3 aromatic heterocycles. The number of hydrogen-bond donors (Lipinski definition) is 13. The average Bonchev–Trinajstić information content (AvgIpc) is 0.843. The SMILES string of the molecule is O=C(CCCOCCOc1c(-c2ccc(O)c(O)c2)oc2cc(O)cc(O)c2c1=O)C(C(=O)CCCOCCOc1c(-c2ccc(O)c(O)c2)oc2cc(O)cc(O)c2c1=O)C(=O)NCCOCCOc1c(-c2ccc(O)c(O)c2)oc2cc(O)cc(O)c2c1=O. The molecule has 13 N–H and O–H groups in total. The molecule has 9 rings (SSSR count). The fourth-order valence-corrected chi connectivity index (χ4v) is 9.48. The van der Waals surface area contributed by atoms with Gasteiger partial charge < -0.3 is 108 Å². The van der Waals surface area contributed by atoms with E-state index in [9.17, 15) is 90.0 Å². The van der Waals surface area contributed by atoms with Crippen LogP contribution in [-0.4, -0.2) is 145 Å². The van der Waals surface area contributed by atoms with Gasteiger partial charge in [-0.15, -0.1) is 0 Å². The van der Waals surface area contributed by atoms with Crippen LogP contribution in [-0.2, 0) is 28.6 Å². The Kier molecular flexibility index (Phi) is 19.9. The number of benzene rings is 6. The fourth-order valence-electron chi connectivity index (χ4n) is 9.48. The van der Waals surface area contributed by atoms with E-state index in [0.29, 0.717) is 0 Å². The van der Waals surface area contributed by atoms with Gasteiger partial charge in [0, 0.05) is 85.7 Å². The molecule has 28 heteroatoms. The number of carbonyl (C=O) groups is 3. The molecule has 91 heavy (non-hydrogen) atoms. The number of aromatic hydroxyl groups is 12. The number of carbonyl (C=O) groups excluding carboxylic acids is 3. The molecule has 0 atom stereocenters. The molecule has 476 valence electrons. The molecule has 0 spiro atoms. The summed E-state index contributed by atoms with van der Waals surface area (Å²) in [4.78, 5) is 82.3. The normalized spacial score (nSPS) is 11.4. The summed E-state index contributed by atoms with van der Waals surface area (Å²) in [7, 11) is 0. The first-order valence-electron chi connectivity index (χ1n) is 27.7. The standard InChI is InChI=1S/C63H57NO27/c65-33-24-44(76)51-47(27-33)89-57(30-5-8-36(68)41(73)21-30)60(54(51)79)86-18-15-83-12-1-3-39(71)50(40(72)4-2-13-84-16-19-87-61-55(80)52-45(77)25-34(66)28-48(52)90-58(61)31-6-9-37(69)42(74)22-31)63(82)64-11-14-85-17-20-88-62-56(81)53-46(78)26-35(67)29-49(53)91-59(62)32-7-10-38(70)43(75)23-32/h5-10,21-29,50,65-70,73-78H,1-4,11-20H2,(H,64,82). The van der Waals surface area contributed by atoms with Crippen LogP contribution in [0, 0.1) is 5.92 Å². The molecule has 6 aromatic carbocycles. The summed E-state index contributed by atoms with van der Waals surface area (Å²) >= 11 is 0. The highest BCUT2D eigenvalue weighted by Crippen LogP contribution is 2.42. The molecular weight excluding hydrogens is 1200 g/mol. The second kappa shape index (κ2) is 28.2. The lowest BCUT2D eigenvalue weighted by Gasteiger charge is -2.16. The molecule has 1 amide bonds. The molecule has 0 unspecified atom stereocenters. The molecule has 0 aliphatic carbocycles. The Labute approximate surface area is 510 Å². The zero-order valence-electron chi connectivity index (χ0n) is 47.6. The summed E-state index contributed by atoms with van der Waals surface area (Å²) in [5.74, 6) is -12.6. The Morgan fingerprint density at radius 3 is 1.01 bits per heavy atom. The Hall–Kier alpha value is -11.4. The quantitative estimate of drug-likeness (QED) is 0.0135. The van der Waals surface area contributed by atoms with E-state index in [4.69, 9.17) is 41.7 Å². The topological polar surface area (TPSA) is 452 Å². The van der Waals surface area contributed by atoms with Gasteiger partial charge in [0.25, 0.3) is 0 Å². The Bertz CT molecular complexity index is 3990. The third-order valence-corrected chi connectivity index (χ3v) is 13.8. The first kappa shape index (κ1) is 64.1. The molecule has 0 aliphatic heterocycles. The predicted molar refractivity (Wildman–Crippen MR) is 318 cm³/mol. The Morgan fingerprint density at radius 2 is 0.692 bits per heavy atom. The van der Waals surface area contributed by atoms with Crippen LogP contribution in [0.3, 0.4) is 0 Å². The van der Waals surface area contributed by atoms with Crippen molar-refractivity contribution >= 4 is 50.4 Å². The van der Waals surface area contributed by atoms with Gasteiger partial charge in [0.2, 0.25) is 39.4 Å². The largest absolute Gasteiger partial charge is 0.508 e. The summed E-state index contributed by atoms with van der Waals surface area (Å²) in [5, 5.41) is 123. The first-order valence-corrected chi connectivity index (χ1v) is 27.7. The number of nitrogens with one attached hydrogen (secondary N) is 1. The van der Waals surface area contributed by atoms with E-state index in [0.717, 1.165) is 72.8 Å². The molecule has 0 aliphatic rings. The minimum Gasteiger partial charge on any atom is -0.508 e. The van der Waals surface area contributed by atoms with E-state index in [1.807, 2.05) is 0 Å². The minimum absolute atomic E-state index is 0.0177. The lowest BCUT2D eigenvalue weighted by Crippen LogP contribution is -2.41. The predicted octanol–water partition coefficient (Wildman–Crippen LogP) is 6.49. The summed E-state index contributed by atoms with van der Waals surface area (Å²) in [6.07, 6.45) is -0.726. The molecular formula is C63H57NO27. The van der Waals surface area contributed by atoms with Gasteiger partial charge in [-0.05, 0) is 67.4 Å². The second-order valence-corrected chi connectivity index (χ2v) is 20.1. The van der Waals surface area contributed by atoms with E-state index in [1.165, 1.54) is 18.2 Å². The maximum Gasteiger partial charge on any atom is 0.239 e. The number of phenols is 12. The van der Waals surface area contributed by atoms with Gasteiger partial charge in [-0.25, -0.2) is 0 Å². The van der Waals surface area contributed by atoms with Gasteiger partial charge in [0.1, 0.15) is 87.2 Å². The number of Topliss-reactive ketones (excluding diaryl/α,β-unsaturated/α-hetero) is 2. The lowest BCUT2D eigenvalue weighted by molar-refractivity contribution is -0.141. The van der Waals surface area contributed by atoms with Crippen LogP contribution < -0.4 is 35.8 Å². The van der Waals surface area contributed by atoms with Crippen molar-refractivity contribution in [2.75, 3.05) is 66.0 Å². The number of ketones is 2. The monoisotopic (exact) mass is 1260 g/mol.